The number of benzene rings is 1. The Bertz CT molecular complexity index is 608. The van der Waals surface area contributed by atoms with Crippen molar-refractivity contribution in [3.05, 3.63) is 30.0 Å². The highest BCUT2D eigenvalue weighted by Crippen LogP contribution is 2.19. The Hall–Kier alpha value is -1.88. The van der Waals surface area contributed by atoms with Gasteiger partial charge in [0.2, 0.25) is 0 Å². The van der Waals surface area contributed by atoms with Crippen LogP contribution in [0.5, 0.6) is 0 Å². The second kappa shape index (κ2) is 5.63. The number of nitrogens with zero attached hydrogens (tertiary/aromatic N) is 2. The van der Waals surface area contributed by atoms with Gasteiger partial charge in [-0.2, -0.15) is 0 Å². The SMILES string of the molecule is CN1CCCC(OC(=O)Cc2onc3ccccc23)C1. The van der Waals surface area contributed by atoms with E-state index in [1.165, 1.54) is 0 Å². The summed E-state index contributed by atoms with van der Waals surface area (Å²) in [6.45, 7) is 1.88. The van der Waals surface area contributed by atoms with Gasteiger partial charge >= 0.3 is 5.97 Å². The number of esters is 1. The molecule has 5 nitrogen and oxygen atoms in total. The van der Waals surface area contributed by atoms with Crippen molar-refractivity contribution in [1.29, 1.82) is 0 Å². The lowest BCUT2D eigenvalue weighted by molar-refractivity contribution is -0.150. The second-order valence-corrected chi connectivity index (χ2v) is 5.32. The van der Waals surface area contributed by atoms with Crippen LogP contribution in [0.15, 0.2) is 28.8 Å². The molecule has 1 unspecified atom stereocenters. The number of carbonyl (C=O) groups is 1. The van der Waals surface area contributed by atoms with E-state index in [0.29, 0.717) is 5.76 Å². The van der Waals surface area contributed by atoms with Gasteiger partial charge in [-0.15, -0.1) is 0 Å². The molecule has 1 saturated heterocycles. The first-order chi connectivity index (χ1) is 9.72. The Labute approximate surface area is 117 Å². The van der Waals surface area contributed by atoms with E-state index in [1.54, 1.807) is 0 Å². The second-order valence-electron chi connectivity index (χ2n) is 5.32. The first-order valence-electron chi connectivity index (χ1n) is 6.93. The molecule has 20 heavy (non-hydrogen) atoms. The number of rotatable bonds is 3. The summed E-state index contributed by atoms with van der Waals surface area (Å²) in [6.07, 6.45) is 2.14. The number of carbonyl (C=O) groups excluding carboxylic acids is 1. The van der Waals surface area contributed by atoms with Gasteiger partial charge in [0, 0.05) is 11.9 Å². The van der Waals surface area contributed by atoms with E-state index in [2.05, 4.69) is 10.1 Å². The van der Waals surface area contributed by atoms with E-state index in [-0.39, 0.29) is 18.5 Å². The van der Waals surface area contributed by atoms with Crippen LogP contribution in [0.4, 0.5) is 0 Å². The predicted octanol–water partition coefficient (Wildman–Crippen LogP) is 2.01. The number of aromatic nitrogens is 1. The highest BCUT2D eigenvalue weighted by Gasteiger charge is 2.22. The number of likely N-dealkylation sites (N-methyl/N-ethyl adjacent to an activating group) is 1. The third-order valence-corrected chi connectivity index (χ3v) is 3.64. The van der Waals surface area contributed by atoms with Crippen molar-refractivity contribution in [3.8, 4) is 0 Å². The van der Waals surface area contributed by atoms with Gasteiger partial charge in [0.25, 0.3) is 0 Å². The smallest absolute Gasteiger partial charge is 0.313 e. The van der Waals surface area contributed by atoms with Crippen molar-refractivity contribution >= 4 is 16.9 Å². The summed E-state index contributed by atoms with van der Waals surface area (Å²) in [5.74, 6) is 0.335. The van der Waals surface area contributed by atoms with Crippen LogP contribution in [0.3, 0.4) is 0 Å². The fourth-order valence-corrected chi connectivity index (χ4v) is 2.64. The largest absolute Gasteiger partial charge is 0.461 e. The number of likely N-dealkylation sites (tertiary alicyclic amines) is 1. The zero-order chi connectivity index (χ0) is 13.9. The van der Waals surface area contributed by atoms with Crippen molar-refractivity contribution in [3.63, 3.8) is 0 Å². The van der Waals surface area contributed by atoms with Crippen LogP contribution in [-0.2, 0) is 16.0 Å². The van der Waals surface area contributed by atoms with Gasteiger partial charge in [-0.25, -0.2) is 0 Å². The fourth-order valence-electron chi connectivity index (χ4n) is 2.64. The van der Waals surface area contributed by atoms with Crippen molar-refractivity contribution in [2.75, 3.05) is 20.1 Å². The normalized spacial score (nSPS) is 20.1. The number of hydrogen-bond donors (Lipinski definition) is 0. The summed E-state index contributed by atoms with van der Waals surface area (Å²) >= 11 is 0. The molecule has 2 heterocycles. The summed E-state index contributed by atoms with van der Waals surface area (Å²) in [5.41, 5.74) is 0.771. The monoisotopic (exact) mass is 274 g/mol. The Kier molecular flexibility index (Phi) is 3.69. The summed E-state index contributed by atoms with van der Waals surface area (Å²) < 4.78 is 10.8. The minimum absolute atomic E-state index is 0.00423. The third-order valence-electron chi connectivity index (χ3n) is 3.64. The van der Waals surface area contributed by atoms with Gasteiger partial charge in [-0.05, 0) is 38.6 Å². The molecular weight excluding hydrogens is 256 g/mol. The first-order valence-corrected chi connectivity index (χ1v) is 6.93. The average molecular weight is 274 g/mol. The van der Waals surface area contributed by atoms with Gasteiger partial charge < -0.3 is 14.2 Å². The Morgan fingerprint density at radius 1 is 1.50 bits per heavy atom. The molecule has 106 valence electrons. The predicted molar refractivity (Wildman–Crippen MR) is 74.3 cm³/mol. The molecule has 5 heteroatoms. The lowest BCUT2D eigenvalue weighted by Crippen LogP contribution is -2.38. The summed E-state index contributed by atoms with van der Waals surface area (Å²) in [5, 5.41) is 4.82. The Morgan fingerprint density at radius 3 is 3.20 bits per heavy atom. The lowest BCUT2D eigenvalue weighted by Gasteiger charge is -2.29. The van der Waals surface area contributed by atoms with E-state index in [4.69, 9.17) is 9.26 Å². The minimum Gasteiger partial charge on any atom is -0.461 e. The summed E-state index contributed by atoms with van der Waals surface area (Å²) in [4.78, 5) is 14.2. The van der Waals surface area contributed by atoms with E-state index >= 15 is 0 Å². The minimum atomic E-state index is -0.243. The molecule has 1 aliphatic rings. The molecule has 1 aromatic heterocycles. The number of ether oxygens (including phenoxy) is 1. The lowest BCUT2D eigenvalue weighted by atomic mass is 10.1. The van der Waals surface area contributed by atoms with Gasteiger partial charge in [0.1, 0.15) is 18.0 Å². The number of hydrogen-bond acceptors (Lipinski definition) is 5. The van der Waals surface area contributed by atoms with Gasteiger partial charge in [-0.3, -0.25) is 4.79 Å². The van der Waals surface area contributed by atoms with E-state index in [9.17, 15) is 4.79 Å². The molecule has 3 rings (SSSR count). The molecule has 0 radical (unpaired) electrons. The molecule has 1 atom stereocenters. The fraction of sp³-hybridized carbons (Fsp3) is 0.467. The maximum atomic E-state index is 12.0. The van der Waals surface area contributed by atoms with Crippen LogP contribution in [0.25, 0.3) is 10.9 Å². The van der Waals surface area contributed by atoms with Crippen molar-refractivity contribution in [2.24, 2.45) is 0 Å². The zero-order valence-electron chi connectivity index (χ0n) is 11.5. The Balaban J connectivity index is 1.64. The molecule has 0 aliphatic carbocycles. The topological polar surface area (TPSA) is 55.6 Å². The molecule has 2 aromatic rings. The first kappa shape index (κ1) is 13.1. The summed E-state index contributed by atoms with van der Waals surface area (Å²) in [7, 11) is 2.05. The van der Waals surface area contributed by atoms with Crippen LogP contribution in [0.2, 0.25) is 0 Å². The van der Waals surface area contributed by atoms with Crippen LogP contribution in [0.1, 0.15) is 18.6 Å². The highest BCUT2D eigenvalue weighted by molar-refractivity contribution is 5.84. The van der Waals surface area contributed by atoms with Crippen molar-refractivity contribution in [2.45, 2.75) is 25.4 Å². The van der Waals surface area contributed by atoms with E-state index in [0.717, 1.165) is 36.8 Å². The van der Waals surface area contributed by atoms with Crippen LogP contribution in [-0.4, -0.2) is 42.3 Å². The van der Waals surface area contributed by atoms with Crippen molar-refractivity contribution < 1.29 is 14.1 Å². The van der Waals surface area contributed by atoms with E-state index in [1.807, 2.05) is 31.3 Å². The van der Waals surface area contributed by atoms with Crippen LogP contribution >= 0.6 is 0 Å². The third kappa shape index (κ3) is 2.82. The van der Waals surface area contributed by atoms with Gasteiger partial charge in [-0.1, -0.05) is 17.3 Å². The van der Waals surface area contributed by atoms with Gasteiger partial charge in [0.05, 0.1) is 0 Å². The molecule has 1 aliphatic heterocycles. The molecular formula is C15H18N2O3. The maximum absolute atomic E-state index is 12.0. The molecule has 0 spiro atoms. The highest BCUT2D eigenvalue weighted by atomic mass is 16.5. The quantitative estimate of drug-likeness (QED) is 0.801. The van der Waals surface area contributed by atoms with Crippen LogP contribution < -0.4 is 0 Å². The summed E-state index contributed by atoms with van der Waals surface area (Å²) in [6, 6.07) is 7.57. The molecule has 0 bridgehead atoms. The molecule has 0 N–H and O–H groups in total. The average Bonchev–Trinajstić information content (AvgIpc) is 2.82. The van der Waals surface area contributed by atoms with Crippen LogP contribution in [0, 0.1) is 0 Å². The maximum Gasteiger partial charge on any atom is 0.313 e. The zero-order valence-corrected chi connectivity index (χ0v) is 11.5. The molecule has 0 saturated carbocycles. The number of piperidine rings is 1. The van der Waals surface area contributed by atoms with Gasteiger partial charge in [0.15, 0.2) is 5.76 Å². The number of fused-ring (bicyclic) bond motifs is 1. The molecule has 0 amide bonds. The molecule has 1 aromatic carbocycles. The van der Waals surface area contributed by atoms with E-state index < -0.39 is 0 Å². The Morgan fingerprint density at radius 2 is 2.35 bits per heavy atom. The molecule has 1 fully saturated rings. The standard InChI is InChI=1S/C15H18N2O3/c1-17-8-4-5-11(10-17)19-15(18)9-14-12-6-2-3-7-13(12)16-20-14/h2-3,6-7,11H,4-5,8-10H2,1H3. The van der Waals surface area contributed by atoms with Crippen molar-refractivity contribution in [1.82, 2.24) is 10.1 Å².